The van der Waals surface area contributed by atoms with Crippen LogP contribution in [-0.4, -0.2) is 55.5 Å². The van der Waals surface area contributed by atoms with Crippen LogP contribution in [0.25, 0.3) is 5.78 Å². The van der Waals surface area contributed by atoms with Gasteiger partial charge in [0.15, 0.2) is 0 Å². The molecule has 1 amide bonds. The van der Waals surface area contributed by atoms with Gasteiger partial charge >= 0.3 is 6.18 Å². The number of halogens is 3. The molecule has 13 heteroatoms. The fourth-order valence-corrected chi connectivity index (χ4v) is 2.35. The van der Waals surface area contributed by atoms with E-state index in [4.69, 9.17) is 4.74 Å². The fourth-order valence-electron chi connectivity index (χ4n) is 2.35. The van der Waals surface area contributed by atoms with Gasteiger partial charge in [0, 0.05) is 31.6 Å². The van der Waals surface area contributed by atoms with Crippen LogP contribution in [0.15, 0.2) is 18.5 Å². The average molecular weight is 398 g/mol. The number of alkyl halides is 3. The second-order valence-electron chi connectivity index (χ2n) is 5.82. The third-order valence-corrected chi connectivity index (χ3v) is 3.53. The lowest BCUT2D eigenvalue weighted by Gasteiger charge is -2.06. The number of nitrogens with zero attached hydrogens (tertiary/aromatic N) is 6. The van der Waals surface area contributed by atoms with Crippen molar-refractivity contribution >= 4 is 23.2 Å². The first-order valence-corrected chi connectivity index (χ1v) is 8.13. The Bertz CT molecular complexity index is 981. The number of ether oxygens (including phenoxy) is 1. The van der Waals surface area contributed by atoms with Crippen molar-refractivity contribution in [2.45, 2.75) is 19.6 Å². The van der Waals surface area contributed by atoms with Crippen molar-refractivity contribution in [1.29, 1.82) is 0 Å². The van der Waals surface area contributed by atoms with Gasteiger partial charge in [-0.3, -0.25) is 9.48 Å². The molecular formula is C15H17F3N8O2. The van der Waals surface area contributed by atoms with Gasteiger partial charge in [-0.05, 0) is 6.92 Å². The number of rotatable bonds is 7. The Balaban J connectivity index is 1.77. The van der Waals surface area contributed by atoms with E-state index in [1.165, 1.54) is 24.1 Å². The highest BCUT2D eigenvalue weighted by atomic mass is 19.4. The van der Waals surface area contributed by atoms with E-state index < -0.39 is 12.0 Å². The predicted molar refractivity (Wildman–Crippen MR) is 90.9 cm³/mol. The zero-order valence-electron chi connectivity index (χ0n) is 15.0. The van der Waals surface area contributed by atoms with Gasteiger partial charge in [-0.1, -0.05) is 0 Å². The number of carbonyl (C=O) groups is 1. The molecule has 3 heterocycles. The molecule has 0 aliphatic rings. The summed E-state index contributed by atoms with van der Waals surface area (Å²) in [7, 11) is 1.53. The van der Waals surface area contributed by atoms with Crippen LogP contribution in [0.5, 0.6) is 0 Å². The standard InChI is InChI=1S/C15H17F3N8O2/c1-9-5-11(26-14(21-9)23-13(24-26)15(16,17)18)22-10-6-20-25(7-10)8-12(27)19-3-4-28-2/h5-7,22H,3-4,8H2,1-2H3,(H,19,27). The number of nitrogens with one attached hydrogen (secondary N) is 2. The van der Waals surface area contributed by atoms with Crippen molar-refractivity contribution in [2.75, 3.05) is 25.6 Å². The summed E-state index contributed by atoms with van der Waals surface area (Å²) in [5.74, 6) is -1.48. The van der Waals surface area contributed by atoms with E-state index in [1.54, 1.807) is 13.1 Å². The number of methoxy groups -OCH3 is 1. The summed E-state index contributed by atoms with van der Waals surface area (Å²) >= 11 is 0. The lowest BCUT2D eigenvalue weighted by atomic mass is 10.4. The van der Waals surface area contributed by atoms with Gasteiger partial charge in [-0.15, -0.1) is 5.10 Å². The maximum Gasteiger partial charge on any atom is 0.453 e. The SMILES string of the molecule is COCCNC(=O)Cn1cc(Nc2cc(C)nc3nc(C(F)(F)F)nn23)cn1. The highest BCUT2D eigenvalue weighted by Gasteiger charge is 2.36. The van der Waals surface area contributed by atoms with Crippen molar-refractivity contribution in [3.8, 4) is 0 Å². The Kier molecular flexibility index (Phi) is 5.44. The van der Waals surface area contributed by atoms with Crippen LogP contribution in [0.3, 0.4) is 0 Å². The van der Waals surface area contributed by atoms with E-state index in [0.29, 0.717) is 24.5 Å². The number of aromatic nitrogens is 6. The average Bonchev–Trinajstić information content (AvgIpc) is 3.21. The highest BCUT2D eigenvalue weighted by Crippen LogP contribution is 2.27. The molecule has 3 rings (SSSR count). The molecule has 0 radical (unpaired) electrons. The monoisotopic (exact) mass is 398 g/mol. The third kappa shape index (κ3) is 4.54. The summed E-state index contributed by atoms with van der Waals surface area (Å²) in [6.45, 7) is 2.38. The van der Waals surface area contributed by atoms with Crippen molar-refractivity contribution in [3.63, 3.8) is 0 Å². The normalized spacial score (nSPS) is 11.8. The van der Waals surface area contributed by atoms with Crippen LogP contribution < -0.4 is 10.6 Å². The number of aryl methyl sites for hydroxylation is 1. The van der Waals surface area contributed by atoms with E-state index in [-0.39, 0.29) is 24.0 Å². The second-order valence-corrected chi connectivity index (χ2v) is 5.82. The van der Waals surface area contributed by atoms with Gasteiger partial charge in [-0.2, -0.15) is 27.8 Å². The van der Waals surface area contributed by atoms with Gasteiger partial charge in [0.1, 0.15) is 12.4 Å². The Labute approximate surface area is 156 Å². The summed E-state index contributed by atoms with van der Waals surface area (Å²) in [6.07, 6.45) is -1.70. The molecule has 0 spiro atoms. The molecule has 0 saturated carbocycles. The minimum absolute atomic E-state index is 0.0161. The van der Waals surface area contributed by atoms with E-state index in [0.717, 1.165) is 4.52 Å². The molecule has 2 N–H and O–H groups in total. The summed E-state index contributed by atoms with van der Waals surface area (Å²) in [4.78, 5) is 19.2. The van der Waals surface area contributed by atoms with Gasteiger partial charge in [0.2, 0.25) is 5.91 Å². The third-order valence-electron chi connectivity index (χ3n) is 3.53. The molecule has 3 aromatic heterocycles. The molecule has 0 unspecified atom stereocenters. The molecule has 0 bridgehead atoms. The Morgan fingerprint density at radius 2 is 2.11 bits per heavy atom. The van der Waals surface area contributed by atoms with Crippen LogP contribution in [0.4, 0.5) is 24.7 Å². The van der Waals surface area contributed by atoms with Gasteiger partial charge in [0.25, 0.3) is 11.6 Å². The minimum atomic E-state index is -4.68. The van der Waals surface area contributed by atoms with Crippen molar-refractivity contribution in [3.05, 3.63) is 30.0 Å². The maximum absolute atomic E-state index is 12.9. The van der Waals surface area contributed by atoms with E-state index >= 15 is 0 Å². The second kappa shape index (κ2) is 7.80. The van der Waals surface area contributed by atoms with Gasteiger partial charge in [-0.25, -0.2) is 4.98 Å². The molecule has 0 fully saturated rings. The zero-order chi connectivity index (χ0) is 20.3. The van der Waals surface area contributed by atoms with Crippen molar-refractivity contribution < 1.29 is 22.7 Å². The van der Waals surface area contributed by atoms with Crippen LogP contribution >= 0.6 is 0 Å². The number of hydrogen-bond donors (Lipinski definition) is 2. The number of amides is 1. The molecule has 0 saturated heterocycles. The molecule has 150 valence electrons. The quantitative estimate of drug-likeness (QED) is 0.575. The number of carbonyl (C=O) groups excluding carboxylic acids is 1. The topological polar surface area (TPSA) is 111 Å². The first-order valence-electron chi connectivity index (χ1n) is 8.13. The molecule has 0 aliphatic carbocycles. The fraction of sp³-hybridized carbons (Fsp3) is 0.400. The van der Waals surface area contributed by atoms with Crippen LogP contribution in [0.1, 0.15) is 11.5 Å². The molecule has 10 nitrogen and oxygen atoms in total. The van der Waals surface area contributed by atoms with Crippen molar-refractivity contribution in [2.24, 2.45) is 0 Å². The molecule has 3 aromatic rings. The Hall–Kier alpha value is -3.22. The van der Waals surface area contributed by atoms with Gasteiger partial charge in [0.05, 0.1) is 18.5 Å². The van der Waals surface area contributed by atoms with Crippen LogP contribution in [0.2, 0.25) is 0 Å². The number of anilines is 2. The molecular weight excluding hydrogens is 381 g/mol. The molecule has 0 aromatic carbocycles. The summed E-state index contributed by atoms with van der Waals surface area (Å²) < 4.78 is 45.8. The first-order chi connectivity index (χ1) is 13.3. The van der Waals surface area contributed by atoms with Crippen LogP contribution in [-0.2, 0) is 22.3 Å². The summed E-state index contributed by atoms with van der Waals surface area (Å²) in [5, 5.41) is 13.1. The lowest BCUT2D eigenvalue weighted by molar-refractivity contribution is -0.144. The predicted octanol–water partition coefficient (Wildman–Crippen LogP) is 1.15. The maximum atomic E-state index is 12.9. The Morgan fingerprint density at radius 1 is 1.32 bits per heavy atom. The Morgan fingerprint density at radius 3 is 2.82 bits per heavy atom. The van der Waals surface area contributed by atoms with E-state index in [9.17, 15) is 18.0 Å². The van der Waals surface area contributed by atoms with Gasteiger partial charge < -0.3 is 15.4 Å². The minimum Gasteiger partial charge on any atom is -0.383 e. The zero-order valence-corrected chi connectivity index (χ0v) is 15.0. The molecule has 28 heavy (non-hydrogen) atoms. The van der Waals surface area contributed by atoms with Crippen LogP contribution in [0, 0.1) is 6.92 Å². The summed E-state index contributed by atoms with van der Waals surface area (Å²) in [5.41, 5.74) is 0.918. The summed E-state index contributed by atoms with van der Waals surface area (Å²) in [6, 6.07) is 1.52. The number of hydrogen-bond acceptors (Lipinski definition) is 7. The largest absolute Gasteiger partial charge is 0.453 e. The number of fused-ring (bicyclic) bond motifs is 1. The van der Waals surface area contributed by atoms with E-state index in [1.807, 2.05) is 0 Å². The first kappa shape index (κ1) is 19.5. The molecule has 0 aliphatic heterocycles. The van der Waals surface area contributed by atoms with E-state index in [2.05, 4.69) is 30.8 Å². The van der Waals surface area contributed by atoms with Crippen molar-refractivity contribution in [1.82, 2.24) is 34.7 Å². The smallest absolute Gasteiger partial charge is 0.383 e. The lowest BCUT2D eigenvalue weighted by Crippen LogP contribution is -2.30. The molecule has 0 atom stereocenters. The highest BCUT2D eigenvalue weighted by molar-refractivity contribution is 5.75.